The predicted molar refractivity (Wildman–Crippen MR) is 139 cm³/mol. The van der Waals surface area contributed by atoms with Crippen LogP contribution >= 0.6 is 0 Å². The number of sulfone groups is 1. The van der Waals surface area contributed by atoms with Gasteiger partial charge in [-0.25, -0.2) is 13.2 Å². The molecule has 2 aliphatic heterocycles. The van der Waals surface area contributed by atoms with Crippen molar-refractivity contribution in [2.24, 2.45) is 10.8 Å². The van der Waals surface area contributed by atoms with E-state index in [1.54, 1.807) is 6.92 Å². The first-order valence-corrected chi connectivity index (χ1v) is 14.6. The fraction of sp³-hybridized carbons (Fsp3) is 0.593. The van der Waals surface area contributed by atoms with Gasteiger partial charge < -0.3 is 15.2 Å². The van der Waals surface area contributed by atoms with Crippen LogP contribution in [-0.4, -0.2) is 60.7 Å². The van der Waals surface area contributed by atoms with Crippen molar-refractivity contribution in [1.82, 2.24) is 15.1 Å². The summed E-state index contributed by atoms with van der Waals surface area (Å²) in [5, 5.41) is 17.8. The average molecular weight is 532 g/mol. The van der Waals surface area contributed by atoms with Gasteiger partial charge in [0.25, 0.3) is 5.91 Å². The molecule has 1 amide bonds. The van der Waals surface area contributed by atoms with E-state index in [9.17, 15) is 23.1 Å². The molecule has 2 N–H and O–H groups in total. The molecule has 4 rings (SSSR count). The van der Waals surface area contributed by atoms with E-state index in [1.807, 2.05) is 25.5 Å². The number of rotatable bonds is 8. The van der Waals surface area contributed by atoms with Gasteiger partial charge in [-0.2, -0.15) is 5.10 Å². The number of aromatic carboxylic acids is 1. The third kappa shape index (κ3) is 5.45. The third-order valence-electron chi connectivity index (χ3n) is 7.72. The monoisotopic (exact) mass is 531 g/mol. The molecule has 3 heterocycles. The fourth-order valence-corrected chi connectivity index (χ4v) is 6.79. The van der Waals surface area contributed by atoms with Gasteiger partial charge in [0.15, 0.2) is 9.84 Å². The van der Waals surface area contributed by atoms with E-state index in [2.05, 4.69) is 5.32 Å². The first kappa shape index (κ1) is 27.3. The average Bonchev–Trinajstić information content (AvgIpc) is 3.11. The lowest BCUT2D eigenvalue weighted by atomic mass is 9.76. The number of fused-ring (bicyclic) bond motifs is 1. The molecule has 0 bridgehead atoms. The SMILES string of the molecule is CCc1nn(CC(C)(C)Cc2c(C(=O)O)cccc2S(=O)(=O)CC)c2c1C(=O)NCC1(CCOCC1)C2. The number of ether oxygens (including phenoxy) is 1. The highest BCUT2D eigenvalue weighted by molar-refractivity contribution is 7.91. The van der Waals surface area contributed by atoms with Crippen molar-refractivity contribution < 1.29 is 27.9 Å². The minimum atomic E-state index is -3.63. The zero-order valence-electron chi connectivity index (χ0n) is 22.1. The second kappa shape index (κ2) is 10.2. The lowest BCUT2D eigenvalue weighted by Crippen LogP contribution is -2.41. The minimum Gasteiger partial charge on any atom is -0.478 e. The lowest BCUT2D eigenvalue weighted by molar-refractivity contribution is 0.0150. The third-order valence-corrected chi connectivity index (χ3v) is 9.54. The molecule has 0 aliphatic carbocycles. The molecule has 0 radical (unpaired) electrons. The van der Waals surface area contributed by atoms with Crippen LogP contribution < -0.4 is 5.32 Å². The number of carbonyl (C=O) groups excluding carboxylic acids is 1. The highest BCUT2D eigenvalue weighted by atomic mass is 32.2. The van der Waals surface area contributed by atoms with Crippen LogP contribution in [0.2, 0.25) is 0 Å². The Morgan fingerprint density at radius 3 is 2.57 bits per heavy atom. The number of aromatic nitrogens is 2. The van der Waals surface area contributed by atoms with E-state index in [4.69, 9.17) is 9.84 Å². The largest absolute Gasteiger partial charge is 0.478 e. The number of benzene rings is 1. The molecule has 0 unspecified atom stereocenters. The first-order valence-electron chi connectivity index (χ1n) is 12.9. The van der Waals surface area contributed by atoms with E-state index >= 15 is 0 Å². The van der Waals surface area contributed by atoms with Gasteiger partial charge >= 0.3 is 5.97 Å². The van der Waals surface area contributed by atoms with E-state index in [-0.39, 0.29) is 34.0 Å². The van der Waals surface area contributed by atoms with Gasteiger partial charge in [0.1, 0.15) is 0 Å². The van der Waals surface area contributed by atoms with Gasteiger partial charge in [-0.1, -0.05) is 33.8 Å². The Bertz CT molecular complexity index is 1310. The van der Waals surface area contributed by atoms with E-state index < -0.39 is 21.2 Å². The molecule has 9 nitrogen and oxygen atoms in total. The summed E-state index contributed by atoms with van der Waals surface area (Å²) in [7, 11) is -3.63. The van der Waals surface area contributed by atoms with E-state index in [0.29, 0.717) is 50.3 Å². The minimum absolute atomic E-state index is 0.00308. The maximum atomic E-state index is 13.2. The van der Waals surface area contributed by atoms with Crippen molar-refractivity contribution in [3.8, 4) is 0 Å². The zero-order valence-corrected chi connectivity index (χ0v) is 22.9. The summed E-state index contributed by atoms with van der Waals surface area (Å²) in [6.07, 6.45) is 3.25. The van der Waals surface area contributed by atoms with E-state index in [1.165, 1.54) is 18.2 Å². The van der Waals surface area contributed by atoms with Crippen LogP contribution in [0.25, 0.3) is 0 Å². The van der Waals surface area contributed by atoms with Crippen molar-refractivity contribution in [1.29, 1.82) is 0 Å². The highest BCUT2D eigenvalue weighted by Gasteiger charge is 2.40. The summed E-state index contributed by atoms with van der Waals surface area (Å²) in [6.45, 7) is 9.82. The number of aryl methyl sites for hydroxylation is 1. The molecule has 0 saturated carbocycles. The molecule has 1 aromatic carbocycles. The molecule has 2 aliphatic rings. The molecule has 1 saturated heterocycles. The Balaban J connectivity index is 1.75. The molecule has 10 heteroatoms. The summed E-state index contributed by atoms with van der Waals surface area (Å²) >= 11 is 0. The molecule has 1 fully saturated rings. The maximum Gasteiger partial charge on any atom is 0.336 e. The van der Waals surface area contributed by atoms with Crippen LogP contribution in [-0.2, 0) is 40.4 Å². The molecule has 37 heavy (non-hydrogen) atoms. The number of nitrogens with zero attached hydrogens (tertiary/aromatic N) is 2. The number of hydrogen-bond donors (Lipinski definition) is 2. The van der Waals surface area contributed by atoms with Crippen molar-refractivity contribution in [3.63, 3.8) is 0 Å². The summed E-state index contributed by atoms with van der Waals surface area (Å²) in [6, 6.07) is 4.43. The molecular formula is C27H37N3O6S. The van der Waals surface area contributed by atoms with E-state index in [0.717, 1.165) is 24.2 Å². The molecule has 0 atom stereocenters. The molecule has 1 aromatic heterocycles. The normalized spacial score (nSPS) is 17.8. The maximum absolute atomic E-state index is 13.2. The second-order valence-electron chi connectivity index (χ2n) is 11.1. The zero-order chi connectivity index (χ0) is 27.0. The molecule has 2 aromatic rings. The molecular weight excluding hydrogens is 494 g/mol. The van der Waals surface area contributed by atoms with Crippen molar-refractivity contribution in [3.05, 3.63) is 46.3 Å². The van der Waals surface area contributed by atoms with Gasteiger partial charge in [0, 0.05) is 26.3 Å². The van der Waals surface area contributed by atoms with Crippen LogP contribution in [0.3, 0.4) is 0 Å². The van der Waals surface area contributed by atoms with Crippen LogP contribution in [0.4, 0.5) is 0 Å². The number of carbonyl (C=O) groups is 2. The van der Waals surface area contributed by atoms with Crippen LogP contribution in [0.5, 0.6) is 0 Å². The standard InChI is InChI=1S/C27H37N3O6S/c1-5-20-23-21(15-27(16-28-24(23)31)10-12-36-13-11-27)30(29-20)17-26(3,4)14-19-18(25(32)33)8-7-9-22(19)37(34,35)6-2/h7-9H,5-6,10-17H2,1-4H3,(H,28,31)(H,32,33). The Labute approximate surface area is 218 Å². The smallest absolute Gasteiger partial charge is 0.336 e. The summed E-state index contributed by atoms with van der Waals surface area (Å²) in [5.41, 5.74) is 1.94. The van der Waals surface area contributed by atoms with Crippen LogP contribution in [0.15, 0.2) is 23.1 Å². The fourth-order valence-electron chi connectivity index (χ4n) is 5.64. The van der Waals surface area contributed by atoms with Crippen molar-refractivity contribution in [2.45, 2.75) is 71.2 Å². The molecule has 202 valence electrons. The first-order chi connectivity index (χ1) is 17.4. The highest BCUT2D eigenvalue weighted by Crippen LogP contribution is 2.38. The van der Waals surface area contributed by atoms with Gasteiger partial charge in [-0.3, -0.25) is 9.48 Å². The summed E-state index contributed by atoms with van der Waals surface area (Å²) in [5.74, 6) is -1.37. The predicted octanol–water partition coefficient (Wildman–Crippen LogP) is 3.29. The second-order valence-corrected chi connectivity index (χ2v) is 13.3. The number of amides is 1. The number of carboxylic acids is 1. The Morgan fingerprint density at radius 2 is 1.95 bits per heavy atom. The Morgan fingerprint density at radius 1 is 1.24 bits per heavy atom. The van der Waals surface area contributed by atoms with Crippen LogP contribution in [0.1, 0.15) is 78.2 Å². The number of hydrogen-bond acceptors (Lipinski definition) is 6. The van der Waals surface area contributed by atoms with Gasteiger partial charge in [-0.05, 0) is 60.6 Å². The topological polar surface area (TPSA) is 128 Å². The van der Waals surface area contributed by atoms with Crippen molar-refractivity contribution in [2.75, 3.05) is 25.5 Å². The van der Waals surface area contributed by atoms with Gasteiger partial charge in [0.2, 0.25) is 0 Å². The quantitative estimate of drug-likeness (QED) is 0.535. The number of nitrogens with one attached hydrogen (secondary N) is 1. The Kier molecular flexibility index (Phi) is 7.54. The van der Waals surface area contributed by atoms with Gasteiger partial charge in [-0.15, -0.1) is 0 Å². The lowest BCUT2D eigenvalue weighted by Gasteiger charge is -2.36. The van der Waals surface area contributed by atoms with Crippen molar-refractivity contribution >= 4 is 21.7 Å². The molecule has 1 spiro atoms. The number of carboxylic acid groups (broad SMARTS) is 1. The summed E-state index contributed by atoms with van der Waals surface area (Å²) < 4.78 is 33.2. The van der Waals surface area contributed by atoms with Crippen LogP contribution in [0, 0.1) is 10.8 Å². The Hall–Kier alpha value is -2.72. The summed E-state index contributed by atoms with van der Waals surface area (Å²) in [4.78, 5) is 25.3. The van der Waals surface area contributed by atoms with Gasteiger partial charge in [0.05, 0.1) is 33.2 Å².